The van der Waals surface area contributed by atoms with Gasteiger partial charge < -0.3 is 5.32 Å². The molecule has 17 heavy (non-hydrogen) atoms. The minimum Gasteiger partial charge on any atom is -0.313 e. The average Bonchev–Trinajstić information content (AvgIpc) is 2.15. The van der Waals surface area contributed by atoms with Gasteiger partial charge in [0.05, 0.1) is 11.7 Å². The van der Waals surface area contributed by atoms with Gasteiger partial charge in [-0.1, -0.05) is 6.42 Å². The van der Waals surface area contributed by atoms with Crippen LogP contribution in [0.4, 0.5) is 13.2 Å². The maximum absolute atomic E-state index is 12.5. The number of alkyl halides is 3. The molecule has 1 rings (SSSR count). The summed E-state index contributed by atoms with van der Waals surface area (Å²) in [6, 6.07) is -0.267. The lowest BCUT2D eigenvalue weighted by atomic mass is 9.85. The molecule has 0 heterocycles. The second-order valence-corrected chi connectivity index (χ2v) is 6.16. The standard InChI is InChI=1S/C9H17F3N2O2S/c10-9(11,12)7-2-1-3-8(6-7)14-4-5-17(13,15)16/h7-8,14H,1-6H2,(H2,13,15,16). The van der Waals surface area contributed by atoms with Gasteiger partial charge in [0.2, 0.25) is 10.0 Å². The molecule has 0 radical (unpaired) electrons. The van der Waals surface area contributed by atoms with Crippen LogP contribution in [0.25, 0.3) is 0 Å². The number of primary sulfonamides is 1. The number of nitrogens with one attached hydrogen (secondary N) is 1. The van der Waals surface area contributed by atoms with Gasteiger partial charge in [-0.25, -0.2) is 13.6 Å². The van der Waals surface area contributed by atoms with E-state index in [1.54, 1.807) is 0 Å². The Labute approximate surface area is 98.8 Å². The van der Waals surface area contributed by atoms with Crippen LogP contribution in [-0.4, -0.2) is 32.9 Å². The molecule has 0 aromatic carbocycles. The summed E-state index contributed by atoms with van der Waals surface area (Å²) in [6.07, 6.45) is -2.81. The molecule has 2 unspecified atom stereocenters. The maximum atomic E-state index is 12.5. The van der Waals surface area contributed by atoms with E-state index >= 15 is 0 Å². The Kier molecular flexibility index (Phi) is 4.79. The van der Waals surface area contributed by atoms with Crippen molar-refractivity contribution in [1.82, 2.24) is 5.32 Å². The highest BCUT2D eigenvalue weighted by molar-refractivity contribution is 7.89. The van der Waals surface area contributed by atoms with Crippen molar-refractivity contribution in [3.05, 3.63) is 0 Å². The number of sulfonamides is 1. The van der Waals surface area contributed by atoms with E-state index in [1.165, 1.54) is 0 Å². The first-order chi connectivity index (χ1) is 7.68. The molecule has 0 amide bonds. The lowest BCUT2D eigenvalue weighted by Gasteiger charge is -2.31. The molecule has 102 valence electrons. The lowest BCUT2D eigenvalue weighted by molar-refractivity contribution is -0.183. The third kappa shape index (κ3) is 5.69. The normalized spacial score (nSPS) is 27.1. The summed E-state index contributed by atoms with van der Waals surface area (Å²) in [4.78, 5) is 0. The Hall–Kier alpha value is -0.340. The van der Waals surface area contributed by atoms with E-state index < -0.39 is 22.1 Å². The third-order valence-electron chi connectivity index (χ3n) is 2.96. The van der Waals surface area contributed by atoms with E-state index in [9.17, 15) is 21.6 Å². The van der Waals surface area contributed by atoms with E-state index in [4.69, 9.17) is 5.14 Å². The molecule has 0 saturated heterocycles. The zero-order chi connectivity index (χ0) is 13.1. The van der Waals surface area contributed by atoms with Gasteiger partial charge in [-0.05, 0) is 19.3 Å². The van der Waals surface area contributed by atoms with Crippen LogP contribution < -0.4 is 10.5 Å². The van der Waals surface area contributed by atoms with Crippen LogP contribution in [0.2, 0.25) is 0 Å². The highest BCUT2D eigenvalue weighted by Crippen LogP contribution is 2.37. The number of rotatable bonds is 4. The zero-order valence-corrected chi connectivity index (χ0v) is 10.1. The molecule has 0 spiro atoms. The molecule has 3 N–H and O–H groups in total. The molecule has 2 atom stereocenters. The van der Waals surface area contributed by atoms with E-state index in [0.29, 0.717) is 12.8 Å². The summed E-state index contributed by atoms with van der Waals surface area (Å²) in [5.74, 6) is -1.52. The van der Waals surface area contributed by atoms with E-state index in [0.717, 1.165) is 0 Å². The molecule has 1 fully saturated rings. The third-order valence-corrected chi connectivity index (χ3v) is 3.73. The molecular formula is C9H17F3N2O2S. The molecule has 1 aliphatic rings. The highest BCUT2D eigenvalue weighted by atomic mass is 32.2. The number of halogens is 3. The predicted octanol–water partition coefficient (Wildman–Crippen LogP) is 0.986. The Bertz CT molecular complexity index is 343. The molecule has 0 bridgehead atoms. The summed E-state index contributed by atoms with van der Waals surface area (Å²) >= 11 is 0. The van der Waals surface area contributed by atoms with Crippen LogP contribution in [0.1, 0.15) is 25.7 Å². The fraction of sp³-hybridized carbons (Fsp3) is 1.00. The Morgan fingerprint density at radius 1 is 1.29 bits per heavy atom. The molecule has 8 heteroatoms. The van der Waals surface area contributed by atoms with Gasteiger partial charge in [-0.2, -0.15) is 13.2 Å². The summed E-state index contributed by atoms with van der Waals surface area (Å²) in [7, 11) is -3.55. The average molecular weight is 274 g/mol. The Morgan fingerprint density at radius 3 is 2.47 bits per heavy atom. The second-order valence-electron chi connectivity index (χ2n) is 4.42. The van der Waals surface area contributed by atoms with Gasteiger partial charge in [0, 0.05) is 12.6 Å². The van der Waals surface area contributed by atoms with Gasteiger partial charge in [-0.15, -0.1) is 0 Å². The lowest BCUT2D eigenvalue weighted by Crippen LogP contribution is -2.41. The van der Waals surface area contributed by atoms with Crippen molar-refractivity contribution in [2.24, 2.45) is 11.1 Å². The Morgan fingerprint density at radius 2 is 1.94 bits per heavy atom. The fourth-order valence-electron chi connectivity index (χ4n) is 2.08. The van der Waals surface area contributed by atoms with Gasteiger partial charge in [0.25, 0.3) is 0 Å². The quantitative estimate of drug-likeness (QED) is 0.803. The van der Waals surface area contributed by atoms with Crippen molar-refractivity contribution in [3.8, 4) is 0 Å². The van der Waals surface area contributed by atoms with Crippen LogP contribution in [0.15, 0.2) is 0 Å². The molecule has 1 saturated carbocycles. The van der Waals surface area contributed by atoms with Crippen molar-refractivity contribution in [1.29, 1.82) is 0 Å². The smallest absolute Gasteiger partial charge is 0.313 e. The van der Waals surface area contributed by atoms with Crippen molar-refractivity contribution in [3.63, 3.8) is 0 Å². The largest absolute Gasteiger partial charge is 0.391 e. The highest BCUT2D eigenvalue weighted by Gasteiger charge is 2.41. The minimum absolute atomic E-state index is 0.0219. The monoisotopic (exact) mass is 274 g/mol. The first-order valence-electron chi connectivity index (χ1n) is 5.49. The van der Waals surface area contributed by atoms with Crippen molar-refractivity contribution >= 4 is 10.0 Å². The molecule has 0 aromatic rings. The summed E-state index contributed by atoms with van der Waals surface area (Å²) in [5, 5.41) is 7.62. The summed E-state index contributed by atoms with van der Waals surface area (Å²) in [5.41, 5.74) is 0. The van der Waals surface area contributed by atoms with Crippen LogP contribution in [-0.2, 0) is 10.0 Å². The van der Waals surface area contributed by atoms with Gasteiger partial charge in [0.1, 0.15) is 0 Å². The first-order valence-corrected chi connectivity index (χ1v) is 7.20. The molecular weight excluding hydrogens is 257 g/mol. The van der Waals surface area contributed by atoms with Gasteiger partial charge >= 0.3 is 6.18 Å². The Balaban J connectivity index is 2.35. The van der Waals surface area contributed by atoms with Crippen LogP contribution >= 0.6 is 0 Å². The second kappa shape index (κ2) is 5.53. The van der Waals surface area contributed by atoms with Crippen LogP contribution in [0.5, 0.6) is 0 Å². The van der Waals surface area contributed by atoms with Crippen molar-refractivity contribution in [2.75, 3.05) is 12.3 Å². The molecule has 0 aliphatic heterocycles. The van der Waals surface area contributed by atoms with Crippen LogP contribution in [0, 0.1) is 5.92 Å². The number of nitrogens with two attached hydrogens (primary N) is 1. The van der Waals surface area contributed by atoms with Crippen molar-refractivity contribution < 1.29 is 21.6 Å². The van der Waals surface area contributed by atoms with Crippen molar-refractivity contribution in [2.45, 2.75) is 37.9 Å². The fourth-order valence-corrected chi connectivity index (χ4v) is 2.48. The van der Waals surface area contributed by atoms with Gasteiger partial charge in [-0.3, -0.25) is 0 Å². The summed E-state index contributed by atoms with van der Waals surface area (Å²) in [6.45, 7) is 0.105. The number of hydrogen-bond donors (Lipinski definition) is 2. The molecule has 0 aromatic heterocycles. The first kappa shape index (κ1) is 14.7. The summed E-state index contributed by atoms with van der Waals surface area (Å²) < 4.78 is 58.8. The topological polar surface area (TPSA) is 72.2 Å². The van der Waals surface area contributed by atoms with Crippen LogP contribution in [0.3, 0.4) is 0 Å². The SMILES string of the molecule is NS(=O)(=O)CCNC1CCCC(C(F)(F)F)C1. The molecule has 1 aliphatic carbocycles. The zero-order valence-electron chi connectivity index (χ0n) is 9.33. The van der Waals surface area contributed by atoms with E-state index in [-0.39, 0.29) is 31.2 Å². The minimum atomic E-state index is -4.15. The van der Waals surface area contributed by atoms with Gasteiger partial charge in [0.15, 0.2) is 0 Å². The van der Waals surface area contributed by atoms with E-state index in [1.807, 2.05) is 0 Å². The van der Waals surface area contributed by atoms with E-state index in [2.05, 4.69) is 5.32 Å². The molecule has 4 nitrogen and oxygen atoms in total. The number of hydrogen-bond acceptors (Lipinski definition) is 3. The maximum Gasteiger partial charge on any atom is 0.391 e. The predicted molar refractivity (Wildman–Crippen MR) is 57.8 cm³/mol.